The Hall–Kier alpha value is -2.74. The average Bonchev–Trinajstić information content (AvgIpc) is 3.42. The highest BCUT2D eigenvalue weighted by molar-refractivity contribution is 6.09. The highest BCUT2D eigenvalue weighted by Crippen LogP contribution is 2.57. The van der Waals surface area contributed by atoms with Gasteiger partial charge in [0, 0.05) is 17.5 Å². The number of furan rings is 1. The highest BCUT2D eigenvalue weighted by atomic mass is 16.7. The fraction of sp³-hybridized carbons (Fsp3) is 0.417. The van der Waals surface area contributed by atoms with Crippen LogP contribution < -0.4 is 5.06 Å². The van der Waals surface area contributed by atoms with Gasteiger partial charge in [-0.15, -0.1) is 0 Å². The Morgan fingerprint density at radius 1 is 1.32 bits per heavy atom. The monoisotopic (exact) mass is 420 g/mol. The van der Waals surface area contributed by atoms with E-state index in [1.807, 2.05) is 49.4 Å². The summed E-state index contributed by atoms with van der Waals surface area (Å²) in [5, 5.41) is 12.9. The zero-order chi connectivity index (χ0) is 21.3. The second-order valence-electron chi connectivity index (χ2n) is 8.83. The number of anilines is 1. The van der Waals surface area contributed by atoms with E-state index in [4.69, 9.17) is 19.0 Å². The van der Waals surface area contributed by atoms with Gasteiger partial charge in [-0.05, 0) is 48.8 Å². The molecule has 31 heavy (non-hydrogen) atoms. The van der Waals surface area contributed by atoms with Crippen molar-refractivity contribution in [1.82, 2.24) is 0 Å². The number of carbonyl (C=O) groups is 1. The number of amides is 1. The Labute approximate surface area is 179 Å². The van der Waals surface area contributed by atoms with Gasteiger partial charge in [0.15, 0.2) is 0 Å². The van der Waals surface area contributed by atoms with Crippen molar-refractivity contribution in [3.05, 3.63) is 59.6 Å². The number of para-hydroxylation sites is 1. The molecule has 2 aromatic rings. The van der Waals surface area contributed by atoms with E-state index in [0.717, 1.165) is 22.6 Å². The van der Waals surface area contributed by atoms with E-state index < -0.39 is 17.6 Å². The number of rotatable bonds is 3. The first-order valence-corrected chi connectivity index (χ1v) is 10.6. The summed E-state index contributed by atoms with van der Waals surface area (Å²) in [6, 6.07) is 11.2. The number of allylic oxidation sites excluding steroid dienone is 1. The standard InChI is InChI=1S/C24H24N2O5/c1-13(10-14-6-5-9-30-14)20-19-15-12-31-22(21(19)27)24(11-17(15)25-20)16-7-3-4-8-18(16)26(29-2)23(24)28/h3-10,15,17,19,21-22,27H,11-12H2,1-2H3. The third kappa shape index (κ3) is 2.39. The summed E-state index contributed by atoms with van der Waals surface area (Å²) in [6.45, 7) is 2.47. The number of aliphatic hydroxyl groups excluding tert-OH is 1. The first-order chi connectivity index (χ1) is 15.1. The molecule has 5 heterocycles. The summed E-state index contributed by atoms with van der Waals surface area (Å²) in [7, 11) is 1.49. The van der Waals surface area contributed by atoms with Crippen LogP contribution in [-0.2, 0) is 19.8 Å². The van der Waals surface area contributed by atoms with Gasteiger partial charge in [0.25, 0.3) is 5.91 Å². The predicted octanol–water partition coefficient (Wildman–Crippen LogP) is 2.75. The summed E-state index contributed by atoms with van der Waals surface area (Å²) >= 11 is 0. The normalized spacial score (nSPS) is 36.2. The molecule has 1 N–H and O–H groups in total. The molecule has 1 aromatic carbocycles. The summed E-state index contributed by atoms with van der Waals surface area (Å²) in [5.41, 5.74) is 2.42. The van der Waals surface area contributed by atoms with Crippen molar-refractivity contribution < 1.29 is 23.9 Å². The number of fused-ring (bicyclic) bond motifs is 2. The molecule has 1 spiro atoms. The Bertz CT molecular complexity index is 1110. The molecular weight excluding hydrogens is 396 g/mol. The number of hydrogen-bond donors (Lipinski definition) is 1. The zero-order valence-corrected chi connectivity index (χ0v) is 17.4. The molecule has 7 nitrogen and oxygen atoms in total. The molecule has 1 aromatic heterocycles. The first kappa shape index (κ1) is 19.0. The molecule has 0 radical (unpaired) electrons. The van der Waals surface area contributed by atoms with Gasteiger partial charge in [0.05, 0.1) is 37.8 Å². The molecule has 7 heteroatoms. The van der Waals surface area contributed by atoms with E-state index in [0.29, 0.717) is 18.7 Å². The number of carbonyl (C=O) groups excluding carboxylic acids is 1. The summed E-state index contributed by atoms with van der Waals surface area (Å²) in [6.07, 6.45) is 2.57. The van der Waals surface area contributed by atoms with Gasteiger partial charge in [-0.1, -0.05) is 18.2 Å². The van der Waals surface area contributed by atoms with Crippen molar-refractivity contribution in [2.45, 2.75) is 37.0 Å². The van der Waals surface area contributed by atoms with Crippen LogP contribution in [0.2, 0.25) is 0 Å². The van der Waals surface area contributed by atoms with Gasteiger partial charge < -0.3 is 14.3 Å². The lowest BCUT2D eigenvalue weighted by molar-refractivity contribution is -0.152. The zero-order valence-electron chi connectivity index (χ0n) is 17.4. The fourth-order valence-electron chi connectivity index (χ4n) is 6.12. The van der Waals surface area contributed by atoms with Crippen molar-refractivity contribution in [2.75, 3.05) is 18.8 Å². The number of ether oxygens (including phenoxy) is 1. The lowest BCUT2D eigenvalue weighted by atomic mass is 9.70. The minimum absolute atomic E-state index is 0.0390. The Morgan fingerprint density at radius 3 is 2.94 bits per heavy atom. The lowest BCUT2D eigenvalue weighted by Crippen LogP contribution is -2.58. The molecule has 4 bridgehead atoms. The Balaban J connectivity index is 1.48. The van der Waals surface area contributed by atoms with Crippen LogP contribution in [0.25, 0.3) is 6.08 Å². The second kappa shape index (κ2) is 6.63. The number of aliphatic hydroxyl groups is 1. The van der Waals surface area contributed by atoms with Gasteiger partial charge in [-0.3, -0.25) is 14.6 Å². The Morgan fingerprint density at radius 2 is 2.16 bits per heavy atom. The smallest absolute Gasteiger partial charge is 0.264 e. The third-order valence-electron chi connectivity index (χ3n) is 7.40. The molecule has 1 saturated carbocycles. The van der Waals surface area contributed by atoms with E-state index in [2.05, 4.69) is 0 Å². The van der Waals surface area contributed by atoms with Crippen molar-refractivity contribution in [2.24, 2.45) is 16.8 Å². The molecule has 6 atom stereocenters. The van der Waals surface area contributed by atoms with E-state index in [1.54, 1.807) is 6.26 Å². The molecule has 160 valence electrons. The van der Waals surface area contributed by atoms with E-state index in [1.165, 1.54) is 12.2 Å². The molecule has 1 amide bonds. The quantitative estimate of drug-likeness (QED) is 0.826. The minimum Gasteiger partial charge on any atom is -0.465 e. The topological polar surface area (TPSA) is 84.5 Å². The van der Waals surface area contributed by atoms with Crippen LogP contribution in [0.15, 0.2) is 57.6 Å². The Kier molecular flexibility index (Phi) is 4.06. The molecular formula is C24H24N2O5. The fourth-order valence-corrected chi connectivity index (χ4v) is 6.12. The molecule has 6 unspecified atom stereocenters. The van der Waals surface area contributed by atoms with Gasteiger partial charge in [-0.25, -0.2) is 0 Å². The number of hydrogen-bond acceptors (Lipinski definition) is 6. The maximum atomic E-state index is 13.7. The molecule has 4 aliphatic heterocycles. The SMILES string of the molecule is CON1C(=O)C2(CC3N=C(C(C)=Cc4ccco4)C4C(O)C2OCC34)c2ccccc21. The van der Waals surface area contributed by atoms with Crippen LogP contribution in [0, 0.1) is 11.8 Å². The summed E-state index contributed by atoms with van der Waals surface area (Å²) < 4.78 is 11.7. The van der Waals surface area contributed by atoms with Crippen LogP contribution >= 0.6 is 0 Å². The molecule has 7 rings (SSSR count). The third-order valence-corrected chi connectivity index (χ3v) is 7.40. The second-order valence-corrected chi connectivity index (χ2v) is 8.83. The van der Waals surface area contributed by atoms with Crippen molar-refractivity contribution in [3.8, 4) is 0 Å². The maximum absolute atomic E-state index is 13.7. The highest BCUT2D eigenvalue weighted by Gasteiger charge is 2.67. The predicted molar refractivity (Wildman–Crippen MR) is 114 cm³/mol. The summed E-state index contributed by atoms with van der Waals surface area (Å²) in [5.74, 6) is 0.429. The maximum Gasteiger partial charge on any atom is 0.264 e. The summed E-state index contributed by atoms with van der Waals surface area (Å²) in [4.78, 5) is 24.2. The van der Waals surface area contributed by atoms with E-state index in [9.17, 15) is 9.90 Å². The van der Waals surface area contributed by atoms with Gasteiger partial charge in [-0.2, -0.15) is 5.06 Å². The van der Waals surface area contributed by atoms with Crippen LogP contribution in [0.4, 0.5) is 5.69 Å². The lowest BCUT2D eigenvalue weighted by Gasteiger charge is -2.42. The first-order valence-electron chi connectivity index (χ1n) is 10.6. The molecule has 2 saturated heterocycles. The van der Waals surface area contributed by atoms with Gasteiger partial charge in [0.2, 0.25) is 0 Å². The van der Waals surface area contributed by atoms with Crippen LogP contribution in [-0.4, -0.2) is 48.7 Å². The van der Waals surface area contributed by atoms with Gasteiger partial charge in [0.1, 0.15) is 17.3 Å². The number of nitrogens with zero attached hydrogens (tertiary/aromatic N) is 2. The van der Waals surface area contributed by atoms with Crippen LogP contribution in [0.3, 0.4) is 0 Å². The number of benzene rings is 1. The van der Waals surface area contributed by atoms with Crippen LogP contribution in [0.5, 0.6) is 0 Å². The van der Waals surface area contributed by atoms with Crippen LogP contribution in [0.1, 0.15) is 24.7 Å². The number of aliphatic imine (C=N–C) groups is 1. The average molecular weight is 420 g/mol. The molecule has 5 aliphatic rings. The minimum atomic E-state index is -1.01. The number of hydroxylamine groups is 1. The molecule has 1 aliphatic carbocycles. The van der Waals surface area contributed by atoms with Crippen molar-refractivity contribution in [3.63, 3.8) is 0 Å². The van der Waals surface area contributed by atoms with Gasteiger partial charge >= 0.3 is 0 Å². The van der Waals surface area contributed by atoms with E-state index in [-0.39, 0.29) is 23.8 Å². The van der Waals surface area contributed by atoms with Crippen molar-refractivity contribution in [1.29, 1.82) is 0 Å². The van der Waals surface area contributed by atoms with Crippen molar-refractivity contribution >= 4 is 23.4 Å². The molecule has 3 fully saturated rings. The van der Waals surface area contributed by atoms with E-state index >= 15 is 0 Å². The largest absolute Gasteiger partial charge is 0.465 e.